The third kappa shape index (κ3) is 3.33. The van der Waals surface area contributed by atoms with Crippen LogP contribution in [-0.4, -0.2) is 27.2 Å². The number of hydrogen-bond acceptors (Lipinski definition) is 4. The third-order valence-electron chi connectivity index (χ3n) is 4.00. The van der Waals surface area contributed by atoms with Crippen LogP contribution < -0.4 is 5.32 Å². The van der Waals surface area contributed by atoms with Gasteiger partial charge in [0.1, 0.15) is 11.6 Å². The summed E-state index contributed by atoms with van der Waals surface area (Å²) in [5.74, 6) is 1.90. The van der Waals surface area contributed by atoms with Crippen LogP contribution in [0.3, 0.4) is 0 Å². The van der Waals surface area contributed by atoms with Crippen molar-refractivity contribution in [1.82, 2.24) is 20.1 Å². The highest BCUT2D eigenvalue weighted by Crippen LogP contribution is 2.28. The number of amides is 1. The van der Waals surface area contributed by atoms with Gasteiger partial charge in [0.25, 0.3) is 0 Å². The zero-order valence-electron chi connectivity index (χ0n) is 12.5. The molecular weight excluding hydrogens is 320 g/mol. The lowest BCUT2D eigenvalue weighted by atomic mass is 10.1. The van der Waals surface area contributed by atoms with E-state index in [4.69, 9.17) is 11.6 Å². The molecule has 0 aliphatic carbocycles. The van der Waals surface area contributed by atoms with Crippen molar-refractivity contribution >= 4 is 28.8 Å². The van der Waals surface area contributed by atoms with E-state index in [0.717, 1.165) is 35.9 Å². The van der Waals surface area contributed by atoms with Crippen molar-refractivity contribution in [2.45, 2.75) is 45.1 Å². The molecule has 3 rings (SSSR count). The summed E-state index contributed by atoms with van der Waals surface area (Å²) in [7, 11) is 0. The number of aryl methyl sites for hydroxylation is 1. The first kappa shape index (κ1) is 15.5. The summed E-state index contributed by atoms with van der Waals surface area (Å²) in [6, 6.07) is 3.74. The lowest BCUT2D eigenvalue weighted by Gasteiger charge is -2.15. The minimum atomic E-state index is -0.176. The van der Waals surface area contributed by atoms with Crippen LogP contribution in [0, 0.1) is 0 Å². The molecule has 1 aliphatic heterocycles. The quantitative estimate of drug-likeness (QED) is 0.912. The van der Waals surface area contributed by atoms with Gasteiger partial charge >= 0.3 is 0 Å². The second kappa shape index (κ2) is 6.79. The predicted octanol–water partition coefficient (Wildman–Crippen LogP) is 2.79. The largest absolute Gasteiger partial charge is 0.355 e. The number of carbonyl (C=O) groups excluding carboxylic acids is 1. The van der Waals surface area contributed by atoms with Gasteiger partial charge in [0.05, 0.1) is 10.3 Å². The zero-order chi connectivity index (χ0) is 15.5. The average molecular weight is 339 g/mol. The topological polar surface area (TPSA) is 59.8 Å². The molecule has 3 heterocycles. The fourth-order valence-corrected chi connectivity index (χ4v) is 3.81. The van der Waals surface area contributed by atoms with E-state index in [1.54, 1.807) is 0 Å². The van der Waals surface area contributed by atoms with Gasteiger partial charge in [0.15, 0.2) is 0 Å². The van der Waals surface area contributed by atoms with Crippen molar-refractivity contribution in [2.75, 3.05) is 6.54 Å². The van der Waals surface area contributed by atoms with E-state index in [2.05, 4.69) is 20.1 Å². The van der Waals surface area contributed by atoms with Crippen molar-refractivity contribution in [3.63, 3.8) is 0 Å². The molecule has 2 aromatic heterocycles. The first-order valence-corrected chi connectivity index (χ1v) is 8.78. The predicted molar refractivity (Wildman–Crippen MR) is 87.4 cm³/mol. The van der Waals surface area contributed by atoms with E-state index in [1.807, 2.05) is 19.1 Å². The van der Waals surface area contributed by atoms with Gasteiger partial charge in [-0.1, -0.05) is 11.6 Å². The van der Waals surface area contributed by atoms with Crippen molar-refractivity contribution in [3.8, 4) is 0 Å². The van der Waals surface area contributed by atoms with Crippen LogP contribution in [-0.2, 0) is 24.2 Å². The number of fused-ring (bicyclic) bond motifs is 1. The normalized spacial score (nSPS) is 15.4. The average Bonchev–Trinajstić information content (AvgIpc) is 3.13. The van der Waals surface area contributed by atoms with E-state index in [-0.39, 0.29) is 11.8 Å². The molecule has 0 saturated heterocycles. The lowest BCUT2D eigenvalue weighted by Crippen LogP contribution is -2.30. The van der Waals surface area contributed by atoms with Gasteiger partial charge in [-0.15, -0.1) is 21.5 Å². The highest BCUT2D eigenvalue weighted by atomic mass is 35.5. The standard InChI is InChI=1S/C15H19ClN4OS/c1-10(11-5-6-12(16)22-11)15(21)17-8-7-14-19-18-13-4-2-3-9-20(13)14/h5-6,10H,2-4,7-9H2,1H3,(H,17,21)/t10-/m1/s1. The minimum absolute atomic E-state index is 0.0249. The summed E-state index contributed by atoms with van der Waals surface area (Å²) in [6.45, 7) is 3.48. The van der Waals surface area contributed by atoms with Crippen molar-refractivity contribution < 1.29 is 4.79 Å². The van der Waals surface area contributed by atoms with Crippen LogP contribution >= 0.6 is 22.9 Å². The molecule has 2 aromatic rings. The highest BCUT2D eigenvalue weighted by molar-refractivity contribution is 7.16. The van der Waals surface area contributed by atoms with Gasteiger partial charge in [-0.05, 0) is 31.9 Å². The van der Waals surface area contributed by atoms with Gasteiger partial charge in [0, 0.05) is 30.8 Å². The van der Waals surface area contributed by atoms with E-state index in [9.17, 15) is 4.79 Å². The minimum Gasteiger partial charge on any atom is -0.355 e. The molecular formula is C15H19ClN4OS. The van der Waals surface area contributed by atoms with Crippen LogP contribution in [0.25, 0.3) is 0 Å². The first-order valence-electron chi connectivity index (χ1n) is 7.59. The Labute approximate surface area is 138 Å². The number of carbonyl (C=O) groups is 1. The summed E-state index contributed by atoms with van der Waals surface area (Å²) >= 11 is 7.37. The molecule has 0 saturated carbocycles. The Hall–Kier alpha value is -1.40. The van der Waals surface area contributed by atoms with Crippen LogP contribution in [0.4, 0.5) is 0 Å². The maximum absolute atomic E-state index is 12.2. The molecule has 1 aliphatic rings. The molecule has 0 aromatic carbocycles. The van der Waals surface area contributed by atoms with Gasteiger partial charge < -0.3 is 9.88 Å². The maximum atomic E-state index is 12.2. The Kier molecular flexibility index (Phi) is 4.78. The molecule has 0 unspecified atom stereocenters. The van der Waals surface area contributed by atoms with Gasteiger partial charge in [-0.3, -0.25) is 4.79 Å². The monoisotopic (exact) mass is 338 g/mol. The Bertz CT molecular complexity index is 666. The SMILES string of the molecule is C[C@@H](C(=O)NCCc1nnc2n1CCCC2)c1ccc(Cl)s1. The van der Waals surface area contributed by atoms with E-state index in [1.165, 1.54) is 24.2 Å². The summed E-state index contributed by atoms with van der Waals surface area (Å²) in [5, 5.41) is 11.5. The lowest BCUT2D eigenvalue weighted by molar-refractivity contribution is -0.122. The molecule has 118 valence electrons. The maximum Gasteiger partial charge on any atom is 0.228 e. The molecule has 0 radical (unpaired) electrons. The number of thiophene rings is 1. The number of nitrogens with zero attached hydrogens (tertiary/aromatic N) is 3. The van der Waals surface area contributed by atoms with Gasteiger partial charge in [0.2, 0.25) is 5.91 Å². The zero-order valence-corrected chi connectivity index (χ0v) is 14.1. The Morgan fingerprint density at radius 2 is 2.32 bits per heavy atom. The number of aromatic nitrogens is 3. The second-order valence-electron chi connectivity index (χ2n) is 5.55. The van der Waals surface area contributed by atoms with Crippen molar-refractivity contribution in [2.24, 2.45) is 0 Å². The molecule has 5 nitrogen and oxygen atoms in total. The molecule has 1 atom stereocenters. The van der Waals surface area contributed by atoms with E-state index >= 15 is 0 Å². The van der Waals surface area contributed by atoms with Gasteiger partial charge in [-0.25, -0.2) is 0 Å². The van der Waals surface area contributed by atoms with E-state index in [0.29, 0.717) is 10.9 Å². The smallest absolute Gasteiger partial charge is 0.228 e. The molecule has 7 heteroatoms. The fourth-order valence-electron chi connectivity index (χ4n) is 2.69. The second-order valence-corrected chi connectivity index (χ2v) is 7.29. The van der Waals surface area contributed by atoms with Crippen LogP contribution in [0.15, 0.2) is 12.1 Å². The highest BCUT2D eigenvalue weighted by Gasteiger charge is 2.18. The Morgan fingerprint density at radius 3 is 3.09 bits per heavy atom. The Balaban J connectivity index is 1.52. The van der Waals surface area contributed by atoms with Gasteiger partial charge in [-0.2, -0.15) is 0 Å². The van der Waals surface area contributed by atoms with Crippen molar-refractivity contribution in [3.05, 3.63) is 33.0 Å². The molecule has 1 amide bonds. The number of rotatable bonds is 5. The number of nitrogens with one attached hydrogen (secondary N) is 1. The fraction of sp³-hybridized carbons (Fsp3) is 0.533. The van der Waals surface area contributed by atoms with Crippen LogP contribution in [0.1, 0.15) is 42.2 Å². The molecule has 0 fully saturated rings. The number of halogens is 1. The van der Waals surface area contributed by atoms with Crippen LogP contribution in [0.5, 0.6) is 0 Å². The Morgan fingerprint density at radius 1 is 1.45 bits per heavy atom. The summed E-state index contributed by atoms with van der Waals surface area (Å²) in [4.78, 5) is 13.2. The summed E-state index contributed by atoms with van der Waals surface area (Å²) < 4.78 is 2.91. The molecule has 0 spiro atoms. The first-order chi connectivity index (χ1) is 10.6. The summed E-state index contributed by atoms with van der Waals surface area (Å²) in [6.07, 6.45) is 4.10. The summed E-state index contributed by atoms with van der Waals surface area (Å²) in [5.41, 5.74) is 0. The molecule has 22 heavy (non-hydrogen) atoms. The van der Waals surface area contributed by atoms with Crippen molar-refractivity contribution in [1.29, 1.82) is 0 Å². The third-order valence-corrected chi connectivity index (χ3v) is 5.41. The number of hydrogen-bond donors (Lipinski definition) is 1. The van der Waals surface area contributed by atoms with Crippen LogP contribution in [0.2, 0.25) is 4.34 Å². The molecule has 0 bridgehead atoms. The molecule has 1 N–H and O–H groups in total. The van der Waals surface area contributed by atoms with E-state index < -0.39 is 0 Å².